The third kappa shape index (κ3) is 4.49. The molecule has 0 heterocycles. The van der Waals surface area contributed by atoms with Crippen LogP contribution in [0.4, 0.5) is 5.69 Å². The van der Waals surface area contributed by atoms with Gasteiger partial charge in [0.1, 0.15) is 5.75 Å². The molecule has 0 bridgehead atoms. The molecule has 5 nitrogen and oxygen atoms in total. The van der Waals surface area contributed by atoms with Gasteiger partial charge in [0.15, 0.2) is 6.10 Å². The second kappa shape index (κ2) is 7.84. The highest BCUT2D eigenvalue weighted by Gasteiger charge is 2.19. The second-order valence-electron chi connectivity index (χ2n) is 5.23. The number of carbonyl (C=O) groups is 2. The number of hydrogen-bond donors (Lipinski definition) is 1. The molecule has 0 radical (unpaired) electrons. The van der Waals surface area contributed by atoms with E-state index in [0.29, 0.717) is 22.0 Å². The lowest BCUT2D eigenvalue weighted by atomic mass is 10.1. The molecule has 2 aromatic rings. The Labute approximate surface area is 145 Å². The summed E-state index contributed by atoms with van der Waals surface area (Å²) >= 11 is 5.87. The number of anilines is 1. The summed E-state index contributed by atoms with van der Waals surface area (Å²) in [4.78, 5) is 24.3. The first-order valence-corrected chi connectivity index (χ1v) is 7.70. The Bertz CT molecular complexity index is 760. The highest BCUT2D eigenvalue weighted by molar-refractivity contribution is 6.30. The zero-order valence-electron chi connectivity index (χ0n) is 13.6. The average Bonchev–Trinajstić information content (AvgIpc) is 2.55. The van der Waals surface area contributed by atoms with Gasteiger partial charge in [-0.2, -0.15) is 0 Å². The summed E-state index contributed by atoms with van der Waals surface area (Å²) < 4.78 is 10.4. The van der Waals surface area contributed by atoms with Crippen molar-refractivity contribution in [3.8, 4) is 5.75 Å². The first kappa shape index (κ1) is 17.8. The SMILES string of the molecule is COc1cc(C(=O)O[C@@H](C)C(=O)Nc2cccc(Cl)c2)ccc1C. The van der Waals surface area contributed by atoms with Crippen molar-refractivity contribution >= 4 is 29.2 Å². The van der Waals surface area contributed by atoms with Crippen molar-refractivity contribution in [1.29, 1.82) is 0 Å². The van der Waals surface area contributed by atoms with Crippen molar-refractivity contribution in [3.63, 3.8) is 0 Å². The number of hydrogen-bond acceptors (Lipinski definition) is 4. The van der Waals surface area contributed by atoms with E-state index in [2.05, 4.69) is 5.32 Å². The fraction of sp³-hybridized carbons (Fsp3) is 0.222. The minimum Gasteiger partial charge on any atom is -0.496 e. The molecular weight excluding hydrogens is 330 g/mol. The summed E-state index contributed by atoms with van der Waals surface area (Å²) in [5.41, 5.74) is 1.76. The van der Waals surface area contributed by atoms with Crippen molar-refractivity contribution < 1.29 is 19.1 Å². The Hall–Kier alpha value is -2.53. The number of nitrogens with one attached hydrogen (secondary N) is 1. The lowest BCUT2D eigenvalue weighted by Crippen LogP contribution is -2.30. The zero-order chi connectivity index (χ0) is 17.7. The van der Waals surface area contributed by atoms with Gasteiger partial charge in [0, 0.05) is 10.7 Å². The molecule has 0 saturated carbocycles. The summed E-state index contributed by atoms with van der Waals surface area (Å²) in [7, 11) is 1.53. The molecule has 2 rings (SSSR count). The summed E-state index contributed by atoms with van der Waals surface area (Å²) in [5.74, 6) is -0.452. The number of esters is 1. The number of rotatable bonds is 5. The standard InChI is InChI=1S/C18H18ClNO4/c1-11-7-8-13(9-16(11)23-3)18(22)24-12(2)17(21)20-15-6-4-5-14(19)10-15/h4-10,12H,1-3H3,(H,20,21)/t12-/m0/s1. The summed E-state index contributed by atoms with van der Waals surface area (Å²) in [6, 6.07) is 11.7. The Balaban J connectivity index is 2.01. The van der Waals surface area contributed by atoms with Gasteiger partial charge in [0.05, 0.1) is 12.7 Å². The monoisotopic (exact) mass is 347 g/mol. The van der Waals surface area contributed by atoms with Crippen LogP contribution in [0, 0.1) is 6.92 Å². The summed E-state index contributed by atoms with van der Waals surface area (Å²) in [6.45, 7) is 3.37. The van der Waals surface area contributed by atoms with E-state index in [-0.39, 0.29) is 0 Å². The van der Waals surface area contributed by atoms with Crippen LogP contribution in [0.5, 0.6) is 5.75 Å². The quantitative estimate of drug-likeness (QED) is 0.834. The first-order valence-electron chi connectivity index (χ1n) is 7.32. The van der Waals surface area contributed by atoms with Gasteiger partial charge >= 0.3 is 5.97 Å². The third-order valence-corrected chi connectivity index (χ3v) is 3.62. The van der Waals surface area contributed by atoms with Crippen LogP contribution in [0.3, 0.4) is 0 Å². The van der Waals surface area contributed by atoms with Gasteiger partial charge in [-0.05, 0) is 49.7 Å². The lowest BCUT2D eigenvalue weighted by Gasteiger charge is -2.14. The molecule has 126 valence electrons. The Morgan fingerprint density at radius 3 is 2.58 bits per heavy atom. The smallest absolute Gasteiger partial charge is 0.339 e. The topological polar surface area (TPSA) is 64.6 Å². The molecule has 0 aliphatic rings. The molecule has 0 aromatic heterocycles. The summed E-state index contributed by atoms with van der Waals surface area (Å²) in [6.07, 6.45) is -0.955. The molecule has 0 spiro atoms. The molecule has 0 aliphatic heterocycles. The van der Waals surface area contributed by atoms with Gasteiger partial charge in [-0.1, -0.05) is 23.7 Å². The molecule has 0 saturated heterocycles. The Morgan fingerprint density at radius 2 is 1.92 bits per heavy atom. The van der Waals surface area contributed by atoms with E-state index in [1.165, 1.54) is 14.0 Å². The van der Waals surface area contributed by atoms with Crippen LogP contribution < -0.4 is 10.1 Å². The average molecular weight is 348 g/mol. The molecule has 2 aromatic carbocycles. The number of aryl methyl sites for hydroxylation is 1. The van der Waals surface area contributed by atoms with Crippen LogP contribution in [0.25, 0.3) is 0 Å². The largest absolute Gasteiger partial charge is 0.496 e. The number of carbonyl (C=O) groups excluding carboxylic acids is 2. The maximum atomic E-state index is 12.2. The van der Waals surface area contributed by atoms with E-state index in [4.69, 9.17) is 21.1 Å². The lowest BCUT2D eigenvalue weighted by molar-refractivity contribution is -0.123. The van der Waals surface area contributed by atoms with Gasteiger partial charge in [-0.3, -0.25) is 4.79 Å². The van der Waals surface area contributed by atoms with Crippen LogP contribution in [0.2, 0.25) is 5.02 Å². The second-order valence-corrected chi connectivity index (χ2v) is 5.67. The van der Waals surface area contributed by atoms with Crippen LogP contribution in [-0.4, -0.2) is 25.1 Å². The maximum absolute atomic E-state index is 12.2. The molecule has 1 atom stereocenters. The fourth-order valence-electron chi connectivity index (χ4n) is 2.04. The molecule has 0 fully saturated rings. The van der Waals surface area contributed by atoms with E-state index in [1.807, 2.05) is 6.92 Å². The predicted octanol–water partition coefficient (Wildman–Crippen LogP) is 3.84. The number of ether oxygens (including phenoxy) is 2. The highest BCUT2D eigenvalue weighted by Crippen LogP contribution is 2.20. The molecule has 0 aliphatic carbocycles. The third-order valence-electron chi connectivity index (χ3n) is 3.39. The van der Waals surface area contributed by atoms with Crippen molar-refractivity contribution in [1.82, 2.24) is 0 Å². The van der Waals surface area contributed by atoms with E-state index in [0.717, 1.165) is 5.56 Å². The fourth-order valence-corrected chi connectivity index (χ4v) is 2.23. The molecular formula is C18H18ClNO4. The van der Waals surface area contributed by atoms with Crippen molar-refractivity contribution in [3.05, 3.63) is 58.6 Å². The summed E-state index contributed by atoms with van der Waals surface area (Å²) in [5, 5.41) is 3.15. The van der Waals surface area contributed by atoms with Gasteiger partial charge in [-0.15, -0.1) is 0 Å². The normalized spacial score (nSPS) is 11.5. The molecule has 1 N–H and O–H groups in total. The molecule has 0 unspecified atom stereocenters. The maximum Gasteiger partial charge on any atom is 0.339 e. The van der Waals surface area contributed by atoms with Gasteiger partial charge in [0.2, 0.25) is 0 Å². The Kier molecular flexibility index (Phi) is 5.82. The highest BCUT2D eigenvalue weighted by atomic mass is 35.5. The molecule has 6 heteroatoms. The minimum absolute atomic E-state index is 0.319. The van der Waals surface area contributed by atoms with Gasteiger partial charge < -0.3 is 14.8 Å². The molecule has 1 amide bonds. The van der Waals surface area contributed by atoms with E-state index < -0.39 is 18.0 Å². The number of benzene rings is 2. The first-order chi connectivity index (χ1) is 11.4. The van der Waals surface area contributed by atoms with Crippen LogP contribution in [-0.2, 0) is 9.53 Å². The van der Waals surface area contributed by atoms with Crippen LogP contribution in [0.15, 0.2) is 42.5 Å². The van der Waals surface area contributed by atoms with Crippen LogP contribution >= 0.6 is 11.6 Å². The van der Waals surface area contributed by atoms with Crippen molar-refractivity contribution in [2.24, 2.45) is 0 Å². The predicted molar refractivity (Wildman–Crippen MR) is 92.7 cm³/mol. The molecule has 24 heavy (non-hydrogen) atoms. The minimum atomic E-state index is -0.955. The number of halogens is 1. The van der Waals surface area contributed by atoms with Gasteiger partial charge in [-0.25, -0.2) is 4.79 Å². The van der Waals surface area contributed by atoms with Crippen molar-refractivity contribution in [2.45, 2.75) is 20.0 Å². The Morgan fingerprint density at radius 1 is 1.17 bits per heavy atom. The van der Waals surface area contributed by atoms with Crippen LogP contribution in [0.1, 0.15) is 22.8 Å². The van der Waals surface area contributed by atoms with Gasteiger partial charge in [0.25, 0.3) is 5.91 Å². The van der Waals surface area contributed by atoms with E-state index in [9.17, 15) is 9.59 Å². The number of amides is 1. The zero-order valence-corrected chi connectivity index (χ0v) is 14.4. The van der Waals surface area contributed by atoms with E-state index >= 15 is 0 Å². The van der Waals surface area contributed by atoms with E-state index in [1.54, 1.807) is 42.5 Å². The van der Waals surface area contributed by atoms with Crippen molar-refractivity contribution in [2.75, 3.05) is 12.4 Å². The number of methoxy groups -OCH3 is 1.